The van der Waals surface area contributed by atoms with E-state index in [-0.39, 0.29) is 0 Å². The Bertz CT molecular complexity index is 402. The van der Waals surface area contributed by atoms with Gasteiger partial charge >= 0.3 is 0 Å². The van der Waals surface area contributed by atoms with Crippen molar-refractivity contribution in [3.05, 3.63) is 28.3 Å². The first-order valence-electron chi connectivity index (χ1n) is 4.31. The lowest BCUT2D eigenvalue weighted by molar-refractivity contribution is 0.528. The number of aromatic nitrogens is 1. The molecule has 3 heteroatoms. The lowest BCUT2D eigenvalue weighted by Crippen LogP contribution is -1.73. The molecule has 0 aliphatic heterocycles. The average Bonchev–Trinajstić information content (AvgIpc) is 2.71. The molecule has 0 aliphatic carbocycles. The lowest BCUT2D eigenvalue weighted by Gasteiger charge is -1.89. The molecule has 2 nitrogen and oxygen atoms in total. The molecule has 0 bridgehead atoms. The van der Waals surface area contributed by atoms with Gasteiger partial charge in [0.05, 0.1) is 5.01 Å². The Morgan fingerprint density at radius 3 is 2.85 bits per heavy atom. The summed E-state index contributed by atoms with van der Waals surface area (Å²) in [5.74, 6) is 1.89. The second kappa shape index (κ2) is 3.34. The third kappa shape index (κ3) is 1.65. The number of aryl methyl sites for hydroxylation is 2. The summed E-state index contributed by atoms with van der Waals surface area (Å²) in [7, 11) is 0. The van der Waals surface area contributed by atoms with Crippen LogP contribution in [-0.4, -0.2) is 4.98 Å². The van der Waals surface area contributed by atoms with Crippen molar-refractivity contribution in [3.63, 3.8) is 0 Å². The zero-order valence-corrected chi connectivity index (χ0v) is 8.52. The normalized spacial score (nSPS) is 10.6. The molecule has 2 aromatic heterocycles. The highest BCUT2D eigenvalue weighted by atomic mass is 32.1. The molecular weight excluding hydrogens is 182 g/mol. The Morgan fingerprint density at radius 2 is 2.31 bits per heavy atom. The number of hydrogen-bond acceptors (Lipinski definition) is 3. The highest BCUT2D eigenvalue weighted by molar-refractivity contribution is 7.09. The summed E-state index contributed by atoms with van der Waals surface area (Å²) < 4.78 is 5.58. The molecule has 0 aliphatic rings. The topological polar surface area (TPSA) is 26.0 Å². The van der Waals surface area contributed by atoms with E-state index in [2.05, 4.69) is 11.9 Å². The Balaban J connectivity index is 2.35. The van der Waals surface area contributed by atoms with E-state index in [0.29, 0.717) is 0 Å². The van der Waals surface area contributed by atoms with E-state index in [9.17, 15) is 0 Å². The van der Waals surface area contributed by atoms with Crippen molar-refractivity contribution < 1.29 is 4.42 Å². The van der Waals surface area contributed by atoms with Crippen molar-refractivity contribution in [2.24, 2.45) is 0 Å². The van der Waals surface area contributed by atoms with Gasteiger partial charge in [-0.25, -0.2) is 4.98 Å². The van der Waals surface area contributed by atoms with Crippen LogP contribution in [0.4, 0.5) is 0 Å². The summed E-state index contributed by atoms with van der Waals surface area (Å²) in [5.41, 5.74) is 0.946. The van der Waals surface area contributed by atoms with Crippen molar-refractivity contribution in [3.8, 4) is 11.5 Å². The van der Waals surface area contributed by atoms with Crippen molar-refractivity contribution in [2.75, 3.05) is 0 Å². The van der Waals surface area contributed by atoms with Gasteiger partial charge in [-0.1, -0.05) is 6.92 Å². The maximum Gasteiger partial charge on any atom is 0.153 e. The fourth-order valence-electron chi connectivity index (χ4n) is 1.18. The molecule has 0 saturated heterocycles. The van der Waals surface area contributed by atoms with Gasteiger partial charge in [-0.15, -0.1) is 11.3 Å². The molecule has 2 aromatic rings. The van der Waals surface area contributed by atoms with E-state index >= 15 is 0 Å². The van der Waals surface area contributed by atoms with E-state index in [4.69, 9.17) is 4.42 Å². The molecule has 0 atom stereocenters. The Morgan fingerprint density at radius 1 is 1.46 bits per heavy atom. The molecule has 0 aromatic carbocycles. The van der Waals surface area contributed by atoms with Crippen LogP contribution in [0.2, 0.25) is 0 Å². The van der Waals surface area contributed by atoms with Gasteiger partial charge in [-0.05, 0) is 19.1 Å². The number of furan rings is 1. The SMILES string of the molecule is CCc1ccc(-c2csc(C)n2)o1. The minimum atomic E-state index is 0.876. The van der Waals surface area contributed by atoms with Gasteiger partial charge in [0.25, 0.3) is 0 Å². The number of thiazole rings is 1. The molecule has 0 unspecified atom stereocenters. The first-order chi connectivity index (χ1) is 6.29. The molecule has 68 valence electrons. The second-order valence-electron chi connectivity index (χ2n) is 2.87. The van der Waals surface area contributed by atoms with Crippen LogP contribution < -0.4 is 0 Å². The van der Waals surface area contributed by atoms with Crippen LogP contribution in [0.15, 0.2) is 21.9 Å². The van der Waals surface area contributed by atoms with Crippen LogP contribution in [0.25, 0.3) is 11.5 Å². The summed E-state index contributed by atoms with van der Waals surface area (Å²) in [5, 5.41) is 3.09. The number of nitrogens with zero attached hydrogens (tertiary/aromatic N) is 1. The molecule has 0 fully saturated rings. The highest BCUT2D eigenvalue weighted by Crippen LogP contribution is 2.23. The Hall–Kier alpha value is -1.09. The molecule has 0 spiro atoms. The predicted molar refractivity (Wildman–Crippen MR) is 53.9 cm³/mol. The first kappa shape index (κ1) is 8.51. The summed E-state index contributed by atoms with van der Waals surface area (Å²) in [4.78, 5) is 4.35. The van der Waals surface area contributed by atoms with E-state index in [1.54, 1.807) is 11.3 Å². The molecule has 0 N–H and O–H groups in total. The van der Waals surface area contributed by atoms with Gasteiger partial charge in [0, 0.05) is 11.8 Å². The first-order valence-corrected chi connectivity index (χ1v) is 5.18. The van der Waals surface area contributed by atoms with E-state index in [0.717, 1.165) is 28.6 Å². The van der Waals surface area contributed by atoms with Crippen LogP contribution >= 0.6 is 11.3 Å². The maximum atomic E-state index is 5.58. The monoisotopic (exact) mass is 193 g/mol. The van der Waals surface area contributed by atoms with Crippen molar-refractivity contribution in [1.82, 2.24) is 4.98 Å². The van der Waals surface area contributed by atoms with Crippen LogP contribution in [-0.2, 0) is 6.42 Å². The van der Waals surface area contributed by atoms with Crippen LogP contribution in [0.1, 0.15) is 17.7 Å². The molecule has 13 heavy (non-hydrogen) atoms. The summed E-state index contributed by atoms with van der Waals surface area (Å²) in [6.45, 7) is 4.08. The van der Waals surface area contributed by atoms with Gasteiger partial charge in [0.15, 0.2) is 5.76 Å². The molecular formula is C10H11NOS. The molecule has 2 rings (SSSR count). The van der Waals surface area contributed by atoms with Crippen LogP contribution in [0, 0.1) is 6.92 Å². The number of rotatable bonds is 2. The summed E-state index contributed by atoms with van der Waals surface area (Å²) in [6.07, 6.45) is 0.934. The molecule has 0 amide bonds. The Labute approximate surface area is 81.2 Å². The zero-order chi connectivity index (χ0) is 9.26. The second-order valence-corrected chi connectivity index (χ2v) is 3.93. The summed E-state index contributed by atoms with van der Waals surface area (Å²) >= 11 is 1.64. The van der Waals surface area contributed by atoms with Crippen molar-refractivity contribution in [1.29, 1.82) is 0 Å². The quantitative estimate of drug-likeness (QED) is 0.731. The van der Waals surface area contributed by atoms with E-state index in [1.807, 2.05) is 24.4 Å². The summed E-state index contributed by atoms with van der Waals surface area (Å²) in [6, 6.07) is 3.98. The standard InChI is InChI=1S/C10H11NOS/c1-3-8-4-5-10(12-8)9-6-13-7(2)11-9/h4-6H,3H2,1-2H3. The predicted octanol–water partition coefficient (Wildman–Crippen LogP) is 3.27. The van der Waals surface area contributed by atoms with Gasteiger partial charge < -0.3 is 4.42 Å². The largest absolute Gasteiger partial charge is 0.459 e. The molecule has 0 saturated carbocycles. The third-order valence-corrected chi connectivity index (χ3v) is 2.66. The molecule has 2 heterocycles. The lowest BCUT2D eigenvalue weighted by atomic mass is 10.3. The maximum absolute atomic E-state index is 5.58. The smallest absolute Gasteiger partial charge is 0.153 e. The van der Waals surface area contributed by atoms with Crippen molar-refractivity contribution >= 4 is 11.3 Å². The fourth-order valence-corrected chi connectivity index (χ4v) is 1.78. The van der Waals surface area contributed by atoms with Gasteiger partial charge in [-0.3, -0.25) is 0 Å². The van der Waals surface area contributed by atoms with E-state index < -0.39 is 0 Å². The van der Waals surface area contributed by atoms with Gasteiger partial charge in [0.1, 0.15) is 11.5 Å². The number of hydrogen-bond donors (Lipinski definition) is 0. The van der Waals surface area contributed by atoms with Gasteiger partial charge in [0.2, 0.25) is 0 Å². The fraction of sp³-hybridized carbons (Fsp3) is 0.300. The zero-order valence-electron chi connectivity index (χ0n) is 7.70. The highest BCUT2D eigenvalue weighted by Gasteiger charge is 2.06. The van der Waals surface area contributed by atoms with Crippen molar-refractivity contribution in [2.45, 2.75) is 20.3 Å². The third-order valence-electron chi connectivity index (χ3n) is 1.88. The minimum absolute atomic E-state index is 0.876. The molecule has 0 radical (unpaired) electrons. The van der Waals surface area contributed by atoms with Crippen LogP contribution in [0.3, 0.4) is 0 Å². The van der Waals surface area contributed by atoms with Crippen LogP contribution in [0.5, 0.6) is 0 Å². The average molecular weight is 193 g/mol. The Kier molecular flexibility index (Phi) is 2.19. The minimum Gasteiger partial charge on any atom is -0.459 e. The van der Waals surface area contributed by atoms with Gasteiger partial charge in [-0.2, -0.15) is 0 Å². The van der Waals surface area contributed by atoms with E-state index in [1.165, 1.54) is 0 Å².